The van der Waals surface area contributed by atoms with Crippen LogP contribution in [-0.4, -0.2) is 40.5 Å². The summed E-state index contributed by atoms with van der Waals surface area (Å²) in [5, 5.41) is 2.80. The van der Waals surface area contributed by atoms with Crippen molar-refractivity contribution in [2.45, 2.75) is 24.3 Å². The normalized spacial score (nSPS) is 13.2. The van der Waals surface area contributed by atoms with Crippen molar-refractivity contribution in [3.63, 3.8) is 0 Å². The zero-order valence-corrected chi connectivity index (χ0v) is 24.1. The number of benzene rings is 4. The minimum atomic E-state index is -3.75. The molecule has 1 unspecified atom stereocenters. The molecule has 1 aliphatic rings. The summed E-state index contributed by atoms with van der Waals surface area (Å²) in [4.78, 5) is 27.6. The summed E-state index contributed by atoms with van der Waals surface area (Å²) >= 11 is 0. The van der Waals surface area contributed by atoms with E-state index >= 15 is 0 Å². The SMILES string of the molecule is COc1ccc(C(=O)N2CCc3ccc(NC(=O)COc4ccc(S(=O)(=O)NC(C)c5ccccc5)cc4)cc32)cc1. The van der Waals surface area contributed by atoms with Gasteiger partial charge in [-0.2, -0.15) is 0 Å². The number of anilines is 2. The lowest BCUT2D eigenvalue weighted by Gasteiger charge is -2.18. The Hall–Kier alpha value is -4.67. The highest BCUT2D eigenvalue weighted by atomic mass is 32.2. The lowest BCUT2D eigenvalue weighted by molar-refractivity contribution is -0.118. The highest BCUT2D eigenvalue weighted by Gasteiger charge is 2.26. The van der Waals surface area contributed by atoms with Crippen molar-refractivity contribution < 1.29 is 27.5 Å². The van der Waals surface area contributed by atoms with E-state index in [0.717, 1.165) is 23.2 Å². The molecule has 0 aliphatic carbocycles. The van der Waals surface area contributed by atoms with Crippen LogP contribution >= 0.6 is 0 Å². The number of amides is 2. The van der Waals surface area contributed by atoms with Crippen molar-refractivity contribution in [1.29, 1.82) is 0 Å². The van der Waals surface area contributed by atoms with Gasteiger partial charge in [0.05, 0.1) is 12.0 Å². The van der Waals surface area contributed by atoms with Gasteiger partial charge in [0.1, 0.15) is 11.5 Å². The second kappa shape index (κ2) is 12.5. The first-order chi connectivity index (χ1) is 20.2. The Bertz CT molecular complexity index is 1670. The molecule has 4 aromatic rings. The van der Waals surface area contributed by atoms with E-state index in [9.17, 15) is 18.0 Å². The number of hydrogen-bond acceptors (Lipinski definition) is 6. The number of ether oxygens (including phenoxy) is 2. The fraction of sp³-hybridized carbons (Fsp3) is 0.188. The van der Waals surface area contributed by atoms with Gasteiger partial charge >= 0.3 is 0 Å². The lowest BCUT2D eigenvalue weighted by Crippen LogP contribution is -2.29. The summed E-state index contributed by atoms with van der Waals surface area (Å²) < 4.78 is 39.0. The molecule has 0 saturated carbocycles. The first-order valence-corrected chi connectivity index (χ1v) is 14.9. The average Bonchev–Trinajstić information content (AvgIpc) is 3.43. The molecule has 0 spiro atoms. The Balaban J connectivity index is 1.17. The molecule has 216 valence electrons. The number of nitrogens with zero attached hydrogens (tertiary/aromatic N) is 1. The molecule has 0 radical (unpaired) electrons. The molecule has 2 N–H and O–H groups in total. The Morgan fingerprint density at radius 1 is 0.905 bits per heavy atom. The second-order valence-electron chi connectivity index (χ2n) is 9.84. The highest BCUT2D eigenvalue weighted by Crippen LogP contribution is 2.32. The molecule has 1 atom stereocenters. The quantitative estimate of drug-likeness (QED) is 0.272. The van der Waals surface area contributed by atoms with Gasteiger partial charge in [-0.15, -0.1) is 0 Å². The molecule has 10 heteroatoms. The summed E-state index contributed by atoms with van der Waals surface area (Å²) in [6.45, 7) is 2.05. The predicted molar refractivity (Wildman–Crippen MR) is 161 cm³/mol. The lowest BCUT2D eigenvalue weighted by atomic mass is 10.1. The zero-order chi connectivity index (χ0) is 29.7. The number of carbonyl (C=O) groups is 2. The van der Waals surface area contributed by atoms with Crippen LogP contribution in [0.4, 0.5) is 11.4 Å². The smallest absolute Gasteiger partial charge is 0.262 e. The predicted octanol–water partition coefficient (Wildman–Crippen LogP) is 4.96. The topological polar surface area (TPSA) is 114 Å². The Kier molecular flexibility index (Phi) is 8.56. The fourth-order valence-corrected chi connectivity index (χ4v) is 5.96. The van der Waals surface area contributed by atoms with Gasteiger partial charge in [0.25, 0.3) is 11.8 Å². The van der Waals surface area contributed by atoms with Crippen LogP contribution in [0.3, 0.4) is 0 Å². The van der Waals surface area contributed by atoms with Crippen molar-refractivity contribution >= 4 is 33.2 Å². The molecule has 0 bridgehead atoms. The molecule has 1 aliphatic heterocycles. The van der Waals surface area contributed by atoms with Crippen LogP contribution in [0.1, 0.15) is 34.5 Å². The Labute approximate surface area is 245 Å². The summed E-state index contributed by atoms with van der Waals surface area (Å²) in [6.07, 6.45) is 0.723. The maximum Gasteiger partial charge on any atom is 0.262 e. The van der Waals surface area contributed by atoms with Crippen LogP contribution in [0.25, 0.3) is 0 Å². The molecule has 1 heterocycles. The molecule has 9 nitrogen and oxygen atoms in total. The molecule has 4 aromatic carbocycles. The number of sulfonamides is 1. The van der Waals surface area contributed by atoms with Crippen LogP contribution in [0.15, 0.2) is 102 Å². The summed E-state index contributed by atoms with van der Waals surface area (Å²) in [5.41, 5.74) is 3.71. The van der Waals surface area contributed by atoms with Crippen LogP contribution in [0.2, 0.25) is 0 Å². The zero-order valence-electron chi connectivity index (χ0n) is 23.2. The molecular formula is C32H31N3O6S. The Morgan fingerprint density at radius 3 is 2.29 bits per heavy atom. The minimum absolute atomic E-state index is 0.0916. The molecule has 42 heavy (non-hydrogen) atoms. The monoisotopic (exact) mass is 585 g/mol. The average molecular weight is 586 g/mol. The van der Waals surface area contributed by atoms with E-state index in [1.165, 1.54) is 24.3 Å². The number of hydrogen-bond donors (Lipinski definition) is 2. The second-order valence-corrected chi connectivity index (χ2v) is 11.6. The van der Waals surface area contributed by atoms with Crippen molar-refractivity contribution in [2.24, 2.45) is 0 Å². The summed E-state index contributed by atoms with van der Waals surface area (Å²) in [5.74, 6) is 0.506. The molecule has 0 fully saturated rings. The van der Waals surface area contributed by atoms with Gasteiger partial charge in [0, 0.05) is 29.5 Å². The van der Waals surface area contributed by atoms with E-state index in [2.05, 4.69) is 10.0 Å². The van der Waals surface area contributed by atoms with E-state index in [1.807, 2.05) is 36.4 Å². The molecular weight excluding hydrogens is 554 g/mol. The maximum atomic E-state index is 13.1. The first-order valence-electron chi connectivity index (χ1n) is 13.4. The number of methoxy groups -OCH3 is 1. The number of nitrogens with one attached hydrogen (secondary N) is 2. The van der Waals surface area contributed by atoms with Gasteiger partial charge < -0.3 is 19.7 Å². The standard InChI is InChI=1S/C32H31N3O6S/c1-22(23-6-4-3-5-7-23)34-42(38,39)29-16-14-28(15-17-29)41-21-31(36)33-26-11-8-24-18-19-35(30(24)20-26)32(37)25-9-12-27(40-2)13-10-25/h3-17,20,22,34H,18-19,21H2,1-2H3,(H,33,36). The van der Waals surface area contributed by atoms with E-state index in [-0.39, 0.29) is 17.4 Å². The van der Waals surface area contributed by atoms with Gasteiger partial charge in [0.15, 0.2) is 6.61 Å². The fourth-order valence-electron chi connectivity index (χ4n) is 4.73. The third kappa shape index (κ3) is 6.62. The molecule has 0 saturated heterocycles. The minimum Gasteiger partial charge on any atom is -0.497 e. The van der Waals surface area contributed by atoms with E-state index in [0.29, 0.717) is 29.3 Å². The van der Waals surface area contributed by atoms with Crippen molar-refractivity contribution in [1.82, 2.24) is 4.72 Å². The van der Waals surface area contributed by atoms with Crippen molar-refractivity contribution in [3.05, 3.63) is 114 Å². The van der Waals surface area contributed by atoms with Gasteiger partial charge in [-0.25, -0.2) is 13.1 Å². The highest BCUT2D eigenvalue weighted by molar-refractivity contribution is 7.89. The molecule has 5 rings (SSSR count). The van der Waals surface area contributed by atoms with Crippen LogP contribution in [0.5, 0.6) is 11.5 Å². The Morgan fingerprint density at radius 2 is 1.60 bits per heavy atom. The van der Waals surface area contributed by atoms with Crippen LogP contribution in [-0.2, 0) is 21.2 Å². The number of fused-ring (bicyclic) bond motifs is 1. The maximum absolute atomic E-state index is 13.1. The van der Waals surface area contributed by atoms with Crippen molar-refractivity contribution in [2.75, 3.05) is 30.5 Å². The molecule has 2 amide bonds. The van der Waals surface area contributed by atoms with E-state index in [4.69, 9.17) is 9.47 Å². The van der Waals surface area contributed by atoms with Gasteiger partial charge in [-0.1, -0.05) is 36.4 Å². The number of carbonyl (C=O) groups excluding carboxylic acids is 2. The molecule has 0 aromatic heterocycles. The largest absolute Gasteiger partial charge is 0.497 e. The first kappa shape index (κ1) is 28.8. The summed E-state index contributed by atoms with van der Waals surface area (Å²) in [6, 6.07) is 27.2. The van der Waals surface area contributed by atoms with Crippen LogP contribution in [0, 0.1) is 0 Å². The van der Waals surface area contributed by atoms with Gasteiger partial charge in [-0.3, -0.25) is 9.59 Å². The van der Waals surface area contributed by atoms with Crippen LogP contribution < -0.4 is 24.4 Å². The third-order valence-corrected chi connectivity index (χ3v) is 8.54. The third-order valence-electron chi connectivity index (χ3n) is 6.98. The van der Waals surface area contributed by atoms with Gasteiger partial charge in [-0.05, 0) is 85.1 Å². The van der Waals surface area contributed by atoms with Gasteiger partial charge in [0.2, 0.25) is 10.0 Å². The van der Waals surface area contributed by atoms with Crippen molar-refractivity contribution in [3.8, 4) is 11.5 Å². The van der Waals surface area contributed by atoms with E-state index in [1.54, 1.807) is 55.3 Å². The van der Waals surface area contributed by atoms with E-state index < -0.39 is 22.0 Å². The summed E-state index contributed by atoms with van der Waals surface area (Å²) in [7, 11) is -2.18. The number of rotatable bonds is 10.